The first-order chi connectivity index (χ1) is 22.4. The quantitative estimate of drug-likeness (QED) is 0.195. The first-order valence-electron chi connectivity index (χ1n) is 18.9. The van der Waals surface area contributed by atoms with Gasteiger partial charge in [-0.25, -0.2) is 4.79 Å². The SMILES string of the molecule is CCC(C)(CC(C)(CC(C)(C)C(=O)OC1(C)C2CC3CC(C2)CC1C3)C(=O)OC1CCOC1=O)C(=O)OC12CC3CC(CC(O)(C3)C1)C2. The van der Waals surface area contributed by atoms with E-state index < -0.39 is 51.1 Å². The molecule has 0 aromatic carbocycles. The Kier molecular flexibility index (Phi) is 8.17. The van der Waals surface area contributed by atoms with Crippen LogP contribution >= 0.6 is 0 Å². The van der Waals surface area contributed by atoms with E-state index in [4.69, 9.17) is 18.9 Å². The number of esters is 4. The summed E-state index contributed by atoms with van der Waals surface area (Å²) >= 11 is 0. The van der Waals surface area contributed by atoms with Gasteiger partial charge in [-0.1, -0.05) is 6.92 Å². The standard InChI is InChI=1S/C39H58O9/c1-7-35(4,33(43)48-39-18-25-11-26(19-39)17-38(44,16-25)22-39)21-36(5,32(42)46-29-8-9-45-30(29)40)20-34(2,3)31(41)47-37(6)27-12-23-10-24(14-27)15-28(37)13-23/h23-29,44H,7-22H2,1-6H3. The van der Waals surface area contributed by atoms with E-state index in [2.05, 4.69) is 6.92 Å². The third-order valence-electron chi connectivity index (χ3n) is 14.4. The van der Waals surface area contributed by atoms with E-state index in [1.807, 2.05) is 27.7 Å². The zero-order chi connectivity index (χ0) is 34.5. The highest BCUT2D eigenvalue weighted by Crippen LogP contribution is 2.61. The molecule has 1 aliphatic heterocycles. The maximum Gasteiger partial charge on any atom is 0.347 e. The van der Waals surface area contributed by atoms with Crippen molar-refractivity contribution < 1.29 is 43.2 Å². The predicted octanol–water partition coefficient (Wildman–Crippen LogP) is 6.46. The summed E-state index contributed by atoms with van der Waals surface area (Å²) in [5.41, 5.74) is -5.46. The molecule has 8 aliphatic carbocycles. The molecule has 8 bridgehead atoms. The molecule has 9 nitrogen and oxygen atoms in total. The second kappa shape index (κ2) is 11.4. The van der Waals surface area contributed by atoms with E-state index in [9.17, 15) is 24.3 Å². The first-order valence-corrected chi connectivity index (χ1v) is 18.9. The Labute approximate surface area is 285 Å². The maximum absolute atomic E-state index is 14.3. The molecule has 0 amide bonds. The molecule has 0 aromatic rings. The van der Waals surface area contributed by atoms with Gasteiger partial charge in [-0.05, 0) is 154 Å². The molecular formula is C39H58O9. The van der Waals surface area contributed by atoms with Crippen molar-refractivity contribution in [2.45, 2.75) is 161 Å². The van der Waals surface area contributed by atoms with Crippen LogP contribution in [0.1, 0.15) is 138 Å². The molecule has 0 spiro atoms. The summed E-state index contributed by atoms with van der Waals surface area (Å²) in [5, 5.41) is 11.3. The third kappa shape index (κ3) is 5.89. The van der Waals surface area contributed by atoms with Crippen LogP contribution in [0.5, 0.6) is 0 Å². The van der Waals surface area contributed by atoms with Crippen LogP contribution in [-0.2, 0) is 38.1 Å². The molecule has 9 fully saturated rings. The Morgan fingerprint density at radius 2 is 1.38 bits per heavy atom. The van der Waals surface area contributed by atoms with Gasteiger partial charge in [0.15, 0.2) is 0 Å². The minimum absolute atomic E-state index is 0.0751. The fourth-order valence-electron chi connectivity index (χ4n) is 12.5. The summed E-state index contributed by atoms with van der Waals surface area (Å²) in [6.45, 7) is 11.5. The minimum atomic E-state index is -1.32. The number of ether oxygens (including phenoxy) is 4. The fourth-order valence-corrected chi connectivity index (χ4v) is 12.5. The summed E-state index contributed by atoms with van der Waals surface area (Å²) < 4.78 is 23.9. The Morgan fingerprint density at radius 3 is 1.90 bits per heavy atom. The van der Waals surface area contributed by atoms with E-state index in [1.165, 1.54) is 6.42 Å². The molecule has 268 valence electrons. The topological polar surface area (TPSA) is 125 Å². The summed E-state index contributed by atoms with van der Waals surface area (Å²) in [6.07, 6.45) is 10.2. The molecule has 48 heavy (non-hydrogen) atoms. The molecule has 9 heteroatoms. The van der Waals surface area contributed by atoms with Crippen molar-refractivity contribution in [1.29, 1.82) is 0 Å². The smallest absolute Gasteiger partial charge is 0.347 e. The Balaban J connectivity index is 1.12. The Morgan fingerprint density at radius 1 is 0.792 bits per heavy atom. The van der Waals surface area contributed by atoms with Crippen LogP contribution in [0.2, 0.25) is 0 Å². The molecule has 1 N–H and O–H groups in total. The van der Waals surface area contributed by atoms with Gasteiger partial charge in [0.05, 0.1) is 28.5 Å². The summed E-state index contributed by atoms with van der Waals surface area (Å²) in [5.74, 6) is 0.994. The van der Waals surface area contributed by atoms with Crippen LogP contribution < -0.4 is 0 Å². The van der Waals surface area contributed by atoms with E-state index in [1.54, 1.807) is 6.92 Å². The molecule has 0 aromatic heterocycles. The van der Waals surface area contributed by atoms with Crippen LogP contribution in [0, 0.1) is 51.8 Å². The van der Waals surface area contributed by atoms with Gasteiger partial charge in [-0.2, -0.15) is 0 Å². The normalized spacial score (nSPS) is 43.3. The zero-order valence-corrected chi connectivity index (χ0v) is 30.1. The van der Waals surface area contributed by atoms with Gasteiger partial charge in [0, 0.05) is 12.8 Å². The number of carbonyl (C=O) groups excluding carboxylic acids is 4. The second-order valence-electron chi connectivity index (χ2n) is 19.2. The largest absolute Gasteiger partial charge is 0.463 e. The second-order valence-corrected chi connectivity index (χ2v) is 19.2. The predicted molar refractivity (Wildman–Crippen MR) is 175 cm³/mol. The lowest BCUT2D eigenvalue weighted by Crippen LogP contribution is -2.61. The molecule has 0 radical (unpaired) electrons. The lowest BCUT2D eigenvalue weighted by molar-refractivity contribution is -0.227. The number of hydrogen-bond acceptors (Lipinski definition) is 9. The number of rotatable bonds is 11. The van der Waals surface area contributed by atoms with Gasteiger partial charge < -0.3 is 24.1 Å². The van der Waals surface area contributed by atoms with E-state index in [-0.39, 0.29) is 37.8 Å². The van der Waals surface area contributed by atoms with Crippen molar-refractivity contribution in [3.8, 4) is 0 Å². The maximum atomic E-state index is 14.3. The number of hydrogen-bond donors (Lipinski definition) is 1. The van der Waals surface area contributed by atoms with Crippen molar-refractivity contribution in [2.24, 2.45) is 51.8 Å². The lowest BCUT2D eigenvalue weighted by atomic mass is 9.50. The van der Waals surface area contributed by atoms with Crippen molar-refractivity contribution >= 4 is 23.9 Å². The fraction of sp³-hybridized carbons (Fsp3) is 0.897. The van der Waals surface area contributed by atoms with Crippen LogP contribution in [0.15, 0.2) is 0 Å². The lowest BCUT2D eigenvalue weighted by Gasteiger charge is -2.59. The minimum Gasteiger partial charge on any atom is -0.463 e. The molecule has 1 saturated heterocycles. The molecule has 1 heterocycles. The van der Waals surface area contributed by atoms with Gasteiger partial charge in [0.2, 0.25) is 6.10 Å². The number of aliphatic hydroxyl groups is 1. The summed E-state index contributed by atoms with van der Waals surface area (Å²) in [6, 6.07) is 0. The van der Waals surface area contributed by atoms with E-state index in [0.29, 0.717) is 36.5 Å². The van der Waals surface area contributed by atoms with Gasteiger partial charge in [0.1, 0.15) is 11.2 Å². The Hall–Kier alpha value is -2.16. The average molecular weight is 671 g/mol. The van der Waals surface area contributed by atoms with Gasteiger partial charge in [-0.15, -0.1) is 0 Å². The van der Waals surface area contributed by atoms with Gasteiger partial charge >= 0.3 is 23.9 Å². The highest BCUT2D eigenvalue weighted by atomic mass is 16.6. The molecule has 9 aliphatic rings. The molecule has 8 saturated carbocycles. The molecule has 5 unspecified atom stereocenters. The average Bonchev–Trinajstić information content (AvgIpc) is 3.37. The zero-order valence-electron chi connectivity index (χ0n) is 30.1. The highest BCUT2D eigenvalue weighted by molar-refractivity contribution is 5.85. The number of cyclic esters (lactones) is 1. The van der Waals surface area contributed by atoms with E-state index >= 15 is 0 Å². The first kappa shape index (κ1) is 34.3. The van der Waals surface area contributed by atoms with Crippen LogP contribution in [0.4, 0.5) is 0 Å². The van der Waals surface area contributed by atoms with Crippen molar-refractivity contribution in [3.05, 3.63) is 0 Å². The van der Waals surface area contributed by atoms with Crippen molar-refractivity contribution in [3.63, 3.8) is 0 Å². The van der Waals surface area contributed by atoms with Crippen LogP contribution in [0.3, 0.4) is 0 Å². The molecule has 9 rings (SSSR count). The van der Waals surface area contributed by atoms with Crippen molar-refractivity contribution in [2.75, 3.05) is 6.61 Å². The molecule has 5 atom stereocenters. The van der Waals surface area contributed by atoms with E-state index in [0.717, 1.165) is 69.6 Å². The van der Waals surface area contributed by atoms with Crippen LogP contribution in [0.25, 0.3) is 0 Å². The molecular weight excluding hydrogens is 612 g/mol. The number of carbonyl (C=O) groups is 4. The van der Waals surface area contributed by atoms with Crippen LogP contribution in [-0.4, -0.2) is 58.5 Å². The Bertz CT molecular complexity index is 1310. The highest BCUT2D eigenvalue weighted by Gasteiger charge is 2.61. The van der Waals surface area contributed by atoms with Gasteiger partial charge in [-0.3, -0.25) is 14.4 Å². The summed E-state index contributed by atoms with van der Waals surface area (Å²) in [7, 11) is 0. The third-order valence-corrected chi connectivity index (χ3v) is 14.4. The summed E-state index contributed by atoms with van der Waals surface area (Å²) in [4.78, 5) is 55.1. The van der Waals surface area contributed by atoms with Gasteiger partial charge in [0.25, 0.3) is 0 Å². The monoisotopic (exact) mass is 670 g/mol. The van der Waals surface area contributed by atoms with Crippen molar-refractivity contribution in [1.82, 2.24) is 0 Å².